The molecule has 0 bridgehead atoms. The van der Waals surface area contributed by atoms with E-state index in [1.807, 2.05) is 6.07 Å². The molecule has 23 heavy (non-hydrogen) atoms. The normalized spacial score (nSPS) is 21.2. The zero-order valence-electron chi connectivity index (χ0n) is 14.1. The molecule has 1 saturated heterocycles. The van der Waals surface area contributed by atoms with E-state index in [9.17, 15) is 14.9 Å². The summed E-state index contributed by atoms with van der Waals surface area (Å²) in [6.07, 6.45) is 2.71. The maximum atomic E-state index is 12.1. The van der Waals surface area contributed by atoms with Gasteiger partial charge in [-0.3, -0.25) is 13.9 Å². The number of anilines is 1. The van der Waals surface area contributed by atoms with Crippen LogP contribution in [0.15, 0.2) is 9.59 Å². The van der Waals surface area contributed by atoms with E-state index in [2.05, 4.69) is 19.2 Å². The molecule has 0 radical (unpaired) electrons. The van der Waals surface area contributed by atoms with Gasteiger partial charge in [-0.25, -0.2) is 4.79 Å². The first-order chi connectivity index (χ1) is 10.8. The maximum absolute atomic E-state index is 12.1. The van der Waals surface area contributed by atoms with E-state index in [0.29, 0.717) is 18.3 Å². The first kappa shape index (κ1) is 17.3. The Balaban J connectivity index is 2.28. The molecule has 1 aromatic rings. The van der Waals surface area contributed by atoms with Crippen molar-refractivity contribution in [2.45, 2.75) is 45.3 Å². The average molecular weight is 320 g/mol. The van der Waals surface area contributed by atoms with E-state index < -0.39 is 11.2 Å². The molecule has 1 aromatic heterocycles. The van der Waals surface area contributed by atoms with E-state index in [4.69, 9.17) is 4.74 Å². The Morgan fingerprint density at radius 3 is 2.65 bits per heavy atom. The molecule has 2 heterocycles. The lowest BCUT2D eigenvalue weighted by Gasteiger charge is -2.32. The summed E-state index contributed by atoms with van der Waals surface area (Å²) in [7, 11) is 2.94. The molecule has 1 aliphatic rings. The molecule has 0 aromatic carbocycles. The summed E-state index contributed by atoms with van der Waals surface area (Å²) in [5.74, 6) is 0.845. The van der Waals surface area contributed by atoms with Crippen molar-refractivity contribution in [1.82, 2.24) is 9.13 Å². The third-order valence-corrected chi connectivity index (χ3v) is 4.22. The summed E-state index contributed by atoms with van der Waals surface area (Å²) in [6.45, 7) is 4.94. The van der Waals surface area contributed by atoms with Crippen LogP contribution in [0.4, 0.5) is 5.82 Å². The second kappa shape index (κ2) is 7.01. The number of nitriles is 1. The number of ether oxygens (including phenoxy) is 1. The van der Waals surface area contributed by atoms with Gasteiger partial charge in [0, 0.05) is 26.7 Å². The van der Waals surface area contributed by atoms with Gasteiger partial charge in [-0.15, -0.1) is 0 Å². The molecule has 2 rings (SSSR count). The molecule has 1 aliphatic heterocycles. The van der Waals surface area contributed by atoms with Gasteiger partial charge in [0.1, 0.15) is 11.9 Å². The average Bonchev–Trinajstić information content (AvgIpc) is 2.50. The van der Waals surface area contributed by atoms with Gasteiger partial charge < -0.3 is 10.1 Å². The van der Waals surface area contributed by atoms with Gasteiger partial charge in [0.05, 0.1) is 6.10 Å². The summed E-state index contributed by atoms with van der Waals surface area (Å²) in [6, 6.07) is 2.00. The lowest BCUT2D eigenvalue weighted by atomic mass is 9.96. The van der Waals surface area contributed by atoms with Gasteiger partial charge in [0.25, 0.3) is 5.56 Å². The summed E-state index contributed by atoms with van der Waals surface area (Å²) in [4.78, 5) is 24.2. The molecule has 0 spiro atoms. The van der Waals surface area contributed by atoms with Crippen LogP contribution in [-0.4, -0.2) is 27.9 Å². The van der Waals surface area contributed by atoms with E-state index in [-0.39, 0.29) is 17.7 Å². The molecule has 1 N–H and O–H groups in total. The van der Waals surface area contributed by atoms with Gasteiger partial charge in [-0.05, 0) is 25.2 Å². The second-order valence-electron chi connectivity index (χ2n) is 6.53. The van der Waals surface area contributed by atoms with Crippen LogP contribution < -0.4 is 16.6 Å². The Hall–Kier alpha value is -2.07. The molecule has 2 atom stereocenters. The molecule has 126 valence electrons. The third-order valence-electron chi connectivity index (χ3n) is 4.22. The SMILES string of the molecule is CC(C)C[C@H]1C[C@H](Nc2c(C#N)c(=O)n(C)c(=O)n2C)CCO1. The van der Waals surface area contributed by atoms with Crippen molar-refractivity contribution in [1.29, 1.82) is 5.26 Å². The molecule has 7 heteroatoms. The predicted molar refractivity (Wildman–Crippen MR) is 87.5 cm³/mol. The largest absolute Gasteiger partial charge is 0.378 e. The van der Waals surface area contributed by atoms with E-state index >= 15 is 0 Å². The van der Waals surface area contributed by atoms with Crippen LogP contribution in [0.3, 0.4) is 0 Å². The smallest absolute Gasteiger partial charge is 0.332 e. The maximum Gasteiger partial charge on any atom is 0.332 e. The molecule has 0 amide bonds. The standard InChI is InChI=1S/C16H24N4O3/c1-10(2)7-12-8-11(5-6-23-12)18-14-13(9-17)15(21)20(4)16(22)19(14)3/h10-12,18H,5-8H2,1-4H3/t11-,12+/m1/s1. The molecular formula is C16H24N4O3. The number of nitrogens with one attached hydrogen (secondary N) is 1. The van der Waals surface area contributed by atoms with Crippen LogP contribution in [-0.2, 0) is 18.8 Å². The highest BCUT2D eigenvalue weighted by Gasteiger charge is 2.25. The van der Waals surface area contributed by atoms with Crippen LogP contribution in [0, 0.1) is 17.2 Å². The van der Waals surface area contributed by atoms with Crippen LogP contribution >= 0.6 is 0 Å². The number of nitrogens with zero attached hydrogens (tertiary/aromatic N) is 3. The minimum atomic E-state index is -0.566. The van der Waals surface area contributed by atoms with E-state index in [1.54, 1.807) is 7.05 Å². The van der Waals surface area contributed by atoms with Gasteiger partial charge in [0.2, 0.25) is 0 Å². The zero-order valence-corrected chi connectivity index (χ0v) is 14.1. The van der Waals surface area contributed by atoms with Crippen molar-refractivity contribution in [2.24, 2.45) is 20.0 Å². The highest BCUT2D eigenvalue weighted by molar-refractivity contribution is 5.51. The monoisotopic (exact) mass is 320 g/mol. The Kier molecular flexibility index (Phi) is 5.26. The highest BCUT2D eigenvalue weighted by Crippen LogP contribution is 2.23. The van der Waals surface area contributed by atoms with Crippen LogP contribution in [0.5, 0.6) is 0 Å². The minimum Gasteiger partial charge on any atom is -0.378 e. The molecule has 1 fully saturated rings. The van der Waals surface area contributed by atoms with Gasteiger partial charge >= 0.3 is 5.69 Å². The topological polar surface area (TPSA) is 89.0 Å². The Labute approximate surface area is 135 Å². The number of rotatable bonds is 4. The summed E-state index contributed by atoms with van der Waals surface area (Å²) < 4.78 is 8.05. The number of aromatic nitrogens is 2. The van der Waals surface area contributed by atoms with Crippen LogP contribution in [0.2, 0.25) is 0 Å². The van der Waals surface area contributed by atoms with Crippen molar-refractivity contribution in [2.75, 3.05) is 11.9 Å². The summed E-state index contributed by atoms with van der Waals surface area (Å²) in [5, 5.41) is 12.5. The fraction of sp³-hybridized carbons (Fsp3) is 0.688. The van der Waals surface area contributed by atoms with Crippen molar-refractivity contribution in [3.8, 4) is 6.07 Å². The first-order valence-electron chi connectivity index (χ1n) is 7.93. The van der Waals surface area contributed by atoms with Crippen LogP contribution in [0.25, 0.3) is 0 Å². The highest BCUT2D eigenvalue weighted by atomic mass is 16.5. The van der Waals surface area contributed by atoms with Crippen molar-refractivity contribution >= 4 is 5.82 Å². The summed E-state index contributed by atoms with van der Waals surface area (Å²) in [5.41, 5.74) is -1.03. The van der Waals surface area contributed by atoms with Crippen molar-refractivity contribution < 1.29 is 4.74 Å². The van der Waals surface area contributed by atoms with E-state index in [0.717, 1.165) is 23.8 Å². The third kappa shape index (κ3) is 3.64. The van der Waals surface area contributed by atoms with Gasteiger partial charge in [-0.1, -0.05) is 13.8 Å². The number of hydrogen-bond acceptors (Lipinski definition) is 5. The van der Waals surface area contributed by atoms with Crippen molar-refractivity contribution in [3.63, 3.8) is 0 Å². The minimum absolute atomic E-state index is 0.0264. The Morgan fingerprint density at radius 2 is 2.04 bits per heavy atom. The molecular weight excluding hydrogens is 296 g/mol. The summed E-state index contributed by atoms with van der Waals surface area (Å²) >= 11 is 0. The quantitative estimate of drug-likeness (QED) is 0.892. The number of hydrogen-bond donors (Lipinski definition) is 1. The second-order valence-corrected chi connectivity index (χ2v) is 6.53. The molecule has 0 saturated carbocycles. The lowest BCUT2D eigenvalue weighted by Crippen LogP contribution is -2.42. The van der Waals surface area contributed by atoms with Gasteiger partial charge in [-0.2, -0.15) is 5.26 Å². The predicted octanol–water partition coefficient (Wildman–Crippen LogP) is 0.961. The molecule has 7 nitrogen and oxygen atoms in total. The zero-order chi connectivity index (χ0) is 17.1. The van der Waals surface area contributed by atoms with E-state index in [1.165, 1.54) is 11.6 Å². The molecule has 0 aliphatic carbocycles. The fourth-order valence-corrected chi connectivity index (χ4v) is 3.01. The van der Waals surface area contributed by atoms with Crippen molar-refractivity contribution in [3.05, 3.63) is 26.4 Å². The van der Waals surface area contributed by atoms with Gasteiger partial charge in [0.15, 0.2) is 5.56 Å². The Morgan fingerprint density at radius 1 is 1.35 bits per heavy atom. The lowest BCUT2D eigenvalue weighted by molar-refractivity contribution is -0.000632. The van der Waals surface area contributed by atoms with Crippen LogP contribution in [0.1, 0.15) is 38.7 Å². The Bertz CT molecular complexity index is 727. The fourth-order valence-electron chi connectivity index (χ4n) is 3.01. The molecule has 0 unspecified atom stereocenters. The first-order valence-corrected chi connectivity index (χ1v) is 7.93.